The van der Waals surface area contributed by atoms with Crippen molar-refractivity contribution in [1.82, 2.24) is 10.2 Å². The number of amides is 2. The van der Waals surface area contributed by atoms with Crippen LogP contribution in [0.25, 0.3) is 0 Å². The molecule has 0 radical (unpaired) electrons. The molecule has 0 fully saturated rings. The van der Waals surface area contributed by atoms with Crippen LogP contribution in [0.1, 0.15) is 6.42 Å². The molecule has 0 atom stereocenters. The maximum absolute atomic E-state index is 11.2. The summed E-state index contributed by atoms with van der Waals surface area (Å²) in [6, 6.07) is 0. The molecule has 0 saturated heterocycles. The average Bonchev–Trinajstić information content (AvgIpc) is 2.18. The van der Waals surface area contributed by atoms with E-state index >= 15 is 0 Å². The third-order valence-electron chi connectivity index (χ3n) is 1.74. The fourth-order valence-electron chi connectivity index (χ4n) is 0.924. The Morgan fingerprint density at radius 2 is 2.13 bits per heavy atom. The van der Waals surface area contributed by atoms with Gasteiger partial charge in [-0.25, -0.2) is 0 Å². The zero-order chi connectivity index (χ0) is 11.7. The van der Waals surface area contributed by atoms with Crippen molar-refractivity contribution < 1.29 is 14.3 Å². The molecule has 0 heterocycles. The van der Waals surface area contributed by atoms with Crippen molar-refractivity contribution in [1.29, 1.82) is 0 Å². The molecule has 0 aliphatic heterocycles. The largest absolute Gasteiger partial charge is 0.383 e. The van der Waals surface area contributed by atoms with Crippen LogP contribution in [-0.2, 0) is 14.3 Å². The smallest absolute Gasteiger partial charge is 0.239 e. The number of ether oxygens (including phenoxy) is 1. The summed E-state index contributed by atoms with van der Waals surface area (Å²) in [5.41, 5.74) is 0. The highest BCUT2D eigenvalue weighted by Gasteiger charge is 2.11. The minimum absolute atomic E-state index is 0.0550. The molecule has 0 aliphatic rings. The van der Waals surface area contributed by atoms with Gasteiger partial charge in [-0.15, -0.1) is 11.6 Å². The van der Waals surface area contributed by atoms with E-state index in [0.717, 1.165) is 0 Å². The first-order chi connectivity index (χ1) is 7.11. The van der Waals surface area contributed by atoms with Gasteiger partial charge in [0.2, 0.25) is 11.8 Å². The summed E-state index contributed by atoms with van der Waals surface area (Å²) in [6.45, 7) is 0.970. The molecule has 0 aromatic heterocycles. The molecule has 0 spiro atoms. The van der Waals surface area contributed by atoms with E-state index in [2.05, 4.69) is 5.32 Å². The molecule has 0 bridgehead atoms. The van der Waals surface area contributed by atoms with Gasteiger partial charge >= 0.3 is 0 Å². The zero-order valence-corrected chi connectivity index (χ0v) is 9.84. The standard InChI is InChI=1S/C9H17ClN2O3/c1-12(9(14)3-4-10)7-8(13)11-5-6-15-2/h3-7H2,1-2H3,(H,11,13). The Balaban J connectivity index is 3.70. The molecule has 0 saturated carbocycles. The Hall–Kier alpha value is -0.810. The van der Waals surface area contributed by atoms with Gasteiger partial charge in [0.25, 0.3) is 0 Å². The van der Waals surface area contributed by atoms with Crippen molar-refractivity contribution in [2.24, 2.45) is 0 Å². The van der Waals surface area contributed by atoms with Crippen molar-refractivity contribution in [3.05, 3.63) is 0 Å². The number of hydrogen-bond acceptors (Lipinski definition) is 3. The topological polar surface area (TPSA) is 58.6 Å². The van der Waals surface area contributed by atoms with E-state index < -0.39 is 0 Å². The fraction of sp³-hybridized carbons (Fsp3) is 0.778. The van der Waals surface area contributed by atoms with Gasteiger partial charge < -0.3 is 15.0 Å². The number of halogens is 1. The molecule has 5 nitrogen and oxygen atoms in total. The van der Waals surface area contributed by atoms with Gasteiger partial charge in [-0.05, 0) is 0 Å². The van der Waals surface area contributed by atoms with Crippen molar-refractivity contribution in [2.45, 2.75) is 6.42 Å². The summed E-state index contributed by atoms with van der Waals surface area (Å²) in [5, 5.41) is 2.62. The molecule has 6 heteroatoms. The van der Waals surface area contributed by atoms with Gasteiger partial charge in [-0.1, -0.05) is 0 Å². The van der Waals surface area contributed by atoms with Crippen molar-refractivity contribution >= 4 is 23.4 Å². The second-order valence-electron chi connectivity index (χ2n) is 3.03. The first-order valence-electron chi connectivity index (χ1n) is 4.67. The van der Waals surface area contributed by atoms with Gasteiger partial charge in [-0.3, -0.25) is 9.59 Å². The number of rotatable bonds is 7. The molecule has 88 valence electrons. The monoisotopic (exact) mass is 236 g/mol. The molecule has 0 aromatic rings. The molecule has 0 aliphatic carbocycles. The summed E-state index contributed by atoms with van der Waals surface area (Å²) in [4.78, 5) is 23.8. The predicted octanol–water partition coefficient (Wildman–Crippen LogP) is -0.164. The SMILES string of the molecule is COCCNC(=O)CN(C)C(=O)CCCl. The van der Waals surface area contributed by atoms with Crippen LogP contribution in [0.4, 0.5) is 0 Å². The van der Waals surface area contributed by atoms with Crippen LogP contribution in [0.5, 0.6) is 0 Å². The van der Waals surface area contributed by atoms with Crippen LogP contribution < -0.4 is 5.32 Å². The summed E-state index contributed by atoms with van der Waals surface area (Å²) >= 11 is 5.41. The van der Waals surface area contributed by atoms with Crippen LogP contribution in [-0.4, -0.2) is 56.4 Å². The highest BCUT2D eigenvalue weighted by atomic mass is 35.5. The number of methoxy groups -OCH3 is 1. The quantitative estimate of drug-likeness (QED) is 0.494. The van der Waals surface area contributed by atoms with Gasteiger partial charge in [0.1, 0.15) is 0 Å². The molecule has 0 aromatic carbocycles. The van der Waals surface area contributed by atoms with E-state index in [1.165, 1.54) is 4.90 Å². The summed E-state index contributed by atoms with van der Waals surface area (Å²) in [5.74, 6) is -0.0570. The molecule has 2 amide bonds. The number of carbonyl (C=O) groups excluding carboxylic acids is 2. The van der Waals surface area contributed by atoms with Gasteiger partial charge in [0.15, 0.2) is 0 Å². The summed E-state index contributed by atoms with van der Waals surface area (Å²) in [6.07, 6.45) is 0.253. The van der Waals surface area contributed by atoms with E-state index in [1.54, 1.807) is 14.2 Å². The third-order valence-corrected chi connectivity index (χ3v) is 1.93. The number of alkyl halides is 1. The zero-order valence-electron chi connectivity index (χ0n) is 9.09. The number of hydrogen-bond donors (Lipinski definition) is 1. The molecule has 0 rings (SSSR count). The molecular formula is C9H17ClN2O3. The first kappa shape index (κ1) is 14.2. The minimum atomic E-state index is -0.197. The highest BCUT2D eigenvalue weighted by molar-refractivity contribution is 6.18. The van der Waals surface area contributed by atoms with E-state index in [4.69, 9.17) is 16.3 Å². The Morgan fingerprint density at radius 3 is 2.67 bits per heavy atom. The normalized spacial score (nSPS) is 9.80. The molecule has 15 heavy (non-hydrogen) atoms. The molecule has 0 unspecified atom stereocenters. The Kier molecular flexibility index (Phi) is 8.04. The Labute approximate surface area is 94.7 Å². The van der Waals surface area contributed by atoms with Crippen LogP contribution in [0.15, 0.2) is 0 Å². The lowest BCUT2D eigenvalue weighted by atomic mass is 10.4. The Morgan fingerprint density at radius 1 is 1.47 bits per heavy atom. The number of carbonyl (C=O) groups is 2. The molecular weight excluding hydrogens is 220 g/mol. The first-order valence-corrected chi connectivity index (χ1v) is 5.20. The highest BCUT2D eigenvalue weighted by Crippen LogP contribution is 1.92. The maximum atomic E-state index is 11.2. The van der Waals surface area contributed by atoms with Crippen LogP contribution in [0.3, 0.4) is 0 Å². The fourth-order valence-corrected chi connectivity index (χ4v) is 1.09. The number of nitrogens with one attached hydrogen (secondary N) is 1. The van der Waals surface area contributed by atoms with Gasteiger partial charge in [0.05, 0.1) is 13.2 Å². The van der Waals surface area contributed by atoms with E-state index in [-0.39, 0.29) is 30.7 Å². The minimum Gasteiger partial charge on any atom is -0.383 e. The maximum Gasteiger partial charge on any atom is 0.239 e. The number of nitrogens with zero attached hydrogens (tertiary/aromatic N) is 1. The van der Waals surface area contributed by atoms with Crippen molar-refractivity contribution in [3.8, 4) is 0 Å². The van der Waals surface area contributed by atoms with E-state index in [1.807, 2.05) is 0 Å². The predicted molar refractivity (Wildman–Crippen MR) is 57.9 cm³/mol. The second-order valence-corrected chi connectivity index (χ2v) is 3.41. The third kappa shape index (κ3) is 7.16. The number of likely N-dealkylation sites (N-methyl/N-ethyl adjacent to an activating group) is 1. The summed E-state index contributed by atoms with van der Waals surface area (Å²) < 4.78 is 4.77. The van der Waals surface area contributed by atoms with E-state index in [9.17, 15) is 9.59 Å². The van der Waals surface area contributed by atoms with Gasteiger partial charge in [0, 0.05) is 33.0 Å². The van der Waals surface area contributed by atoms with Crippen LogP contribution in [0, 0.1) is 0 Å². The van der Waals surface area contributed by atoms with Crippen molar-refractivity contribution in [3.63, 3.8) is 0 Å². The van der Waals surface area contributed by atoms with Crippen molar-refractivity contribution in [2.75, 3.05) is 39.7 Å². The lowest BCUT2D eigenvalue weighted by Gasteiger charge is -2.15. The Bertz CT molecular complexity index is 212. The van der Waals surface area contributed by atoms with E-state index in [0.29, 0.717) is 13.2 Å². The second kappa shape index (κ2) is 8.49. The summed E-state index contributed by atoms with van der Waals surface area (Å²) in [7, 11) is 3.13. The lowest BCUT2D eigenvalue weighted by molar-refractivity contribution is -0.134. The average molecular weight is 237 g/mol. The lowest BCUT2D eigenvalue weighted by Crippen LogP contribution is -2.39. The molecule has 1 N–H and O–H groups in total. The van der Waals surface area contributed by atoms with Crippen LogP contribution >= 0.6 is 11.6 Å². The van der Waals surface area contributed by atoms with Gasteiger partial charge in [-0.2, -0.15) is 0 Å². The van der Waals surface area contributed by atoms with Crippen LogP contribution in [0.2, 0.25) is 0 Å².